The number of carbonyl (C=O) groups excluding carboxylic acids is 1. The van der Waals surface area contributed by atoms with Gasteiger partial charge in [-0.3, -0.25) is 9.36 Å². The number of ether oxygens (including phenoxy) is 1. The third kappa shape index (κ3) is 4.66. The largest absolute Gasteiger partial charge is 0.376 e. The van der Waals surface area contributed by atoms with Crippen molar-refractivity contribution >= 4 is 29.3 Å². The molecule has 30 heavy (non-hydrogen) atoms. The van der Waals surface area contributed by atoms with Crippen LogP contribution in [0.5, 0.6) is 0 Å². The predicted octanol–water partition coefficient (Wildman–Crippen LogP) is 4.11. The van der Waals surface area contributed by atoms with E-state index in [0.717, 1.165) is 19.4 Å². The van der Waals surface area contributed by atoms with Crippen LogP contribution in [-0.2, 0) is 9.53 Å². The van der Waals surface area contributed by atoms with Gasteiger partial charge in [-0.2, -0.15) is 0 Å². The molecule has 2 heterocycles. The normalized spacial score (nSPS) is 16.0. The summed E-state index contributed by atoms with van der Waals surface area (Å²) in [5.41, 5.74) is 0.921. The minimum Gasteiger partial charge on any atom is -0.376 e. The van der Waals surface area contributed by atoms with Gasteiger partial charge in [-0.25, -0.2) is 4.39 Å². The second kappa shape index (κ2) is 9.59. The van der Waals surface area contributed by atoms with E-state index in [0.29, 0.717) is 33.8 Å². The molecule has 6 nitrogen and oxygen atoms in total. The summed E-state index contributed by atoms with van der Waals surface area (Å²) in [5, 5.41) is 12.2. The van der Waals surface area contributed by atoms with Crippen molar-refractivity contribution in [3.8, 4) is 17.1 Å². The molecular weight excluding hydrogens is 427 g/mol. The number of rotatable bonds is 7. The molecule has 0 radical (unpaired) electrons. The monoisotopic (exact) mass is 446 g/mol. The average molecular weight is 447 g/mol. The molecule has 1 saturated heterocycles. The van der Waals surface area contributed by atoms with Crippen molar-refractivity contribution in [2.75, 3.05) is 18.9 Å². The Morgan fingerprint density at radius 1 is 1.23 bits per heavy atom. The number of nitrogens with zero attached hydrogens (tertiary/aromatic N) is 3. The molecule has 1 amide bonds. The molecule has 1 atom stereocenters. The summed E-state index contributed by atoms with van der Waals surface area (Å²) >= 11 is 7.53. The van der Waals surface area contributed by atoms with E-state index in [1.54, 1.807) is 34.9 Å². The van der Waals surface area contributed by atoms with Crippen molar-refractivity contribution in [3.63, 3.8) is 0 Å². The van der Waals surface area contributed by atoms with Crippen LogP contribution >= 0.6 is 23.4 Å². The second-order valence-corrected chi connectivity index (χ2v) is 8.15. The number of amides is 1. The molecular formula is C21H20ClFN4O2S. The Morgan fingerprint density at radius 3 is 2.80 bits per heavy atom. The van der Waals surface area contributed by atoms with Gasteiger partial charge in [0.2, 0.25) is 5.91 Å². The first-order valence-corrected chi connectivity index (χ1v) is 11.0. The van der Waals surface area contributed by atoms with Gasteiger partial charge in [0.25, 0.3) is 0 Å². The second-order valence-electron chi connectivity index (χ2n) is 6.80. The van der Waals surface area contributed by atoms with Crippen molar-refractivity contribution in [1.82, 2.24) is 20.1 Å². The highest BCUT2D eigenvalue weighted by molar-refractivity contribution is 7.99. The van der Waals surface area contributed by atoms with Crippen molar-refractivity contribution < 1.29 is 13.9 Å². The van der Waals surface area contributed by atoms with Crippen LogP contribution in [0.2, 0.25) is 5.02 Å². The minimum atomic E-state index is -0.421. The summed E-state index contributed by atoms with van der Waals surface area (Å²) in [5.74, 6) is -0.0249. The number of para-hydroxylation sites is 1. The fourth-order valence-electron chi connectivity index (χ4n) is 3.24. The summed E-state index contributed by atoms with van der Waals surface area (Å²) in [7, 11) is 0. The zero-order valence-corrected chi connectivity index (χ0v) is 17.6. The van der Waals surface area contributed by atoms with E-state index in [2.05, 4.69) is 15.5 Å². The van der Waals surface area contributed by atoms with E-state index in [9.17, 15) is 9.18 Å². The summed E-state index contributed by atoms with van der Waals surface area (Å²) in [4.78, 5) is 12.3. The van der Waals surface area contributed by atoms with E-state index in [-0.39, 0.29) is 17.8 Å². The topological polar surface area (TPSA) is 69.0 Å². The molecule has 1 aromatic heterocycles. The summed E-state index contributed by atoms with van der Waals surface area (Å²) in [6.45, 7) is 1.23. The molecule has 9 heteroatoms. The molecule has 3 aromatic rings. The van der Waals surface area contributed by atoms with Crippen molar-refractivity contribution in [2.24, 2.45) is 0 Å². The Labute approximate surface area is 182 Å². The Morgan fingerprint density at radius 2 is 2.03 bits per heavy atom. The Balaban J connectivity index is 1.58. The van der Waals surface area contributed by atoms with Gasteiger partial charge in [0.1, 0.15) is 5.82 Å². The number of carbonyl (C=O) groups is 1. The molecule has 4 rings (SSSR count). The lowest BCUT2D eigenvalue weighted by atomic mass is 10.2. The van der Waals surface area contributed by atoms with Crippen molar-refractivity contribution in [2.45, 2.75) is 24.1 Å². The van der Waals surface area contributed by atoms with Gasteiger partial charge in [-0.1, -0.05) is 47.6 Å². The lowest BCUT2D eigenvalue weighted by Gasteiger charge is -2.13. The van der Waals surface area contributed by atoms with Crippen LogP contribution in [0.15, 0.2) is 53.7 Å². The quantitative estimate of drug-likeness (QED) is 0.553. The molecule has 0 aliphatic carbocycles. The van der Waals surface area contributed by atoms with E-state index < -0.39 is 5.82 Å². The van der Waals surface area contributed by atoms with Crippen LogP contribution in [0.3, 0.4) is 0 Å². The van der Waals surface area contributed by atoms with Crippen LogP contribution in [0, 0.1) is 5.82 Å². The third-order valence-electron chi connectivity index (χ3n) is 4.72. The van der Waals surface area contributed by atoms with Gasteiger partial charge in [0.05, 0.1) is 22.6 Å². The molecule has 156 valence electrons. The van der Waals surface area contributed by atoms with Gasteiger partial charge in [-0.15, -0.1) is 10.2 Å². The van der Waals surface area contributed by atoms with Crippen molar-refractivity contribution in [3.05, 3.63) is 59.4 Å². The molecule has 1 fully saturated rings. The Bertz CT molecular complexity index is 1040. The highest BCUT2D eigenvalue weighted by atomic mass is 35.5. The van der Waals surface area contributed by atoms with E-state index in [1.807, 2.05) is 12.1 Å². The van der Waals surface area contributed by atoms with Crippen LogP contribution in [0.1, 0.15) is 12.8 Å². The maximum absolute atomic E-state index is 14.6. The molecule has 0 bridgehead atoms. The average Bonchev–Trinajstić information content (AvgIpc) is 3.41. The SMILES string of the molecule is O=C(CSc1nnc(-c2ccccc2Cl)n1-c1ccccc1F)NC[C@@H]1CCCO1. The van der Waals surface area contributed by atoms with Gasteiger partial charge in [-0.05, 0) is 37.1 Å². The van der Waals surface area contributed by atoms with E-state index in [4.69, 9.17) is 16.3 Å². The first kappa shape index (κ1) is 20.8. The van der Waals surface area contributed by atoms with Gasteiger partial charge < -0.3 is 10.1 Å². The molecule has 1 aliphatic rings. The molecule has 1 N–H and O–H groups in total. The predicted molar refractivity (Wildman–Crippen MR) is 114 cm³/mol. The number of thioether (sulfide) groups is 1. The summed E-state index contributed by atoms with van der Waals surface area (Å²) < 4.78 is 21.7. The highest BCUT2D eigenvalue weighted by Crippen LogP contribution is 2.32. The highest BCUT2D eigenvalue weighted by Gasteiger charge is 2.21. The molecule has 2 aromatic carbocycles. The molecule has 1 aliphatic heterocycles. The lowest BCUT2D eigenvalue weighted by Crippen LogP contribution is -2.32. The van der Waals surface area contributed by atoms with Crippen molar-refractivity contribution in [1.29, 1.82) is 0 Å². The maximum atomic E-state index is 14.6. The van der Waals surface area contributed by atoms with Crippen LogP contribution in [0.4, 0.5) is 4.39 Å². The van der Waals surface area contributed by atoms with Gasteiger partial charge in [0, 0.05) is 18.7 Å². The first-order chi connectivity index (χ1) is 14.6. The number of hydrogen-bond acceptors (Lipinski definition) is 5. The van der Waals surface area contributed by atoms with Crippen LogP contribution in [-0.4, -0.2) is 45.7 Å². The number of halogens is 2. The summed E-state index contributed by atoms with van der Waals surface area (Å²) in [6.07, 6.45) is 2.05. The van der Waals surface area contributed by atoms with E-state index >= 15 is 0 Å². The Kier molecular flexibility index (Phi) is 6.66. The van der Waals surface area contributed by atoms with Gasteiger partial charge >= 0.3 is 0 Å². The fraction of sp³-hybridized carbons (Fsp3) is 0.286. The minimum absolute atomic E-state index is 0.0767. The zero-order chi connectivity index (χ0) is 20.9. The van der Waals surface area contributed by atoms with Crippen LogP contribution < -0.4 is 5.32 Å². The zero-order valence-electron chi connectivity index (χ0n) is 16.1. The Hall–Kier alpha value is -2.42. The molecule has 0 unspecified atom stereocenters. The van der Waals surface area contributed by atoms with E-state index in [1.165, 1.54) is 17.8 Å². The fourth-order valence-corrected chi connectivity index (χ4v) is 4.24. The van der Waals surface area contributed by atoms with Crippen LogP contribution in [0.25, 0.3) is 17.1 Å². The maximum Gasteiger partial charge on any atom is 0.230 e. The first-order valence-electron chi connectivity index (χ1n) is 9.60. The number of benzene rings is 2. The standard InChI is InChI=1S/C21H20ClFN4O2S/c22-16-8-2-1-7-15(16)20-25-26-21(27(20)18-10-4-3-9-17(18)23)30-13-19(28)24-12-14-6-5-11-29-14/h1-4,7-10,14H,5-6,11-13H2,(H,24,28)/t14-/m0/s1. The molecule has 0 spiro atoms. The third-order valence-corrected chi connectivity index (χ3v) is 5.98. The smallest absolute Gasteiger partial charge is 0.230 e. The lowest BCUT2D eigenvalue weighted by molar-refractivity contribution is -0.119. The number of aromatic nitrogens is 3. The molecule has 0 saturated carbocycles. The van der Waals surface area contributed by atoms with Gasteiger partial charge in [0.15, 0.2) is 11.0 Å². The number of hydrogen-bond donors (Lipinski definition) is 1. The summed E-state index contributed by atoms with van der Waals surface area (Å²) in [6, 6.07) is 13.5. The number of nitrogens with one attached hydrogen (secondary N) is 1.